The SMILES string of the molecule is COc1cc2cc(c1)C1NC(=O)[C@@H](Cc3ccc(c(Cl)c3)Oc3cc4cc(c3O)Oc3ccc(cc3Cl)[C@@H](O)[C@@H]3NC(=O)[C@H](NC(=O)[C@@H]4NC1=O)c1ccc(OC)c(c1)-c1c(OC)cc(OC)cc1C(C(=O)O)NC3=O)NC(=O)[C@@H](N)c1ccc(OC)c(c1)O2. The van der Waals surface area contributed by atoms with Crippen molar-refractivity contribution in [1.82, 2.24) is 31.9 Å². The van der Waals surface area contributed by atoms with Gasteiger partial charge >= 0.3 is 5.97 Å². The summed E-state index contributed by atoms with van der Waals surface area (Å²) in [6, 6.07) is 13.4. The molecule has 0 saturated carbocycles. The summed E-state index contributed by atoms with van der Waals surface area (Å²) in [6.07, 6.45) is -2.32. The van der Waals surface area contributed by atoms with Crippen molar-refractivity contribution in [2.45, 2.75) is 54.8 Å². The number of amides is 6. The Hall–Kier alpha value is -10.5. The number of phenolic OH excluding ortho intramolecular Hbond substituents is 1. The predicted molar refractivity (Wildman–Crippen MR) is 319 cm³/mol. The Morgan fingerprint density at radius 2 is 1.08 bits per heavy atom. The van der Waals surface area contributed by atoms with E-state index >= 15 is 19.2 Å². The molecule has 25 nitrogen and oxygen atoms in total. The third-order valence-corrected chi connectivity index (χ3v) is 16.1. The maximum absolute atomic E-state index is 16.0. The fourth-order valence-corrected chi connectivity index (χ4v) is 11.4. The van der Waals surface area contributed by atoms with Gasteiger partial charge in [-0.25, -0.2) is 4.79 Å². The highest BCUT2D eigenvalue weighted by Gasteiger charge is 2.41. The first kappa shape index (κ1) is 61.2. The van der Waals surface area contributed by atoms with E-state index in [4.69, 9.17) is 66.8 Å². The number of ether oxygens (including phenoxy) is 8. The van der Waals surface area contributed by atoms with Crippen LogP contribution in [0.5, 0.6) is 69.0 Å². The number of carboxylic acids is 1. The third kappa shape index (κ3) is 11.9. The van der Waals surface area contributed by atoms with Crippen LogP contribution in [-0.2, 0) is 40.0 Å². The number of benzene rings is 7. The number of carbonyl (C=O) groups excluding carboxylic acids is 6. The highest BCUT2D eigenvalue weighted by atomic mass is 35.5. The van der Waals surface area contributed by atoms with Crippen molar-refractivity contribution in [3.63, 3.8) is 0 Å². The molecule has 13 rings (SSSR count). The lowest BCUT2D eigenvalue weighted by Crippen LogP contribution is -2.55. The minimum atomic E-state index is -2.09. The second-order valence-corrected chi connectivity index (χ2v) is 21.8. The summed E-state index contributed by atoms with van der Waals surface area (Å²) in [7, 11) is 6.68. The summed E-state index contributed by atoms with van der Waals surface area (Å²) in [4.78, 5) is 105. The fourth-order valence-electron chi connectivity index (χ4n) is 10.9. The number of hydrogen-bond acceptors (Lipinski definition) is 18. The van der Waals surface area contributed by atoms with Crippen LogP contribution in [0.25, 0.3) is 11.1 Å². The van der Waals surface area contributed by atoms with Gasteiger partial charge in [0.2, 0.25) is 41.2 Å². The predicted octanol–water partition coefficient (Wildman–Crippen LogP) is 6.50. The van der Waals surface area contributed by atoms with Gasteiger partial charge in [-0.3, -0.25) is 28.8 Å². The molecule has 0 aliphatic carbocycles. The van der Waals surface area contributed by atoms with E-state index in [2.05, 4.69) is 31.9 Å². The molecule has 0 fully saturated rings. The number of rotatable bonds is 6. The lowest BCUT2D eigenvalue weighted by Gasteiger charge is -2.31. The minimum absolute atomic E-state index is 0.00308. The number of aromatic hydroxyl groups is 1. The monoisotopic (exact) mass is 1270 g/mol. The van der Waals surface area contributed by atoms with Crippen LogP contribution in [0.1, 0.15) is 75.3 Å². The second-order valence-electron chi connectivity index (χ2n) is 21.0. The zero-order chi connectivity index (χ0) is 64.0. The standard InChI is InChI=1S/C63H55Cl2N7O18/c1-83-32-16-30-17-34(23-32)88-44-20-27(7-13-43(44)86-4)49(66)58(76)67-39-15-26-6-10-41(37(64)14-26)89-46-21-31-22-47(56(46)74)90-42-12-9-29(19-38(42)65)55(73)54-62(80)71-53(63(81)82)36-24-33(84-2)25-45(87-5)48(36)35-18-28(8-11-40(35)85-3)50(59(77)72-54)69-61(79)52(31)70-60(78)51(30)68-57(39)75/h6-14,16-25,39,49-55,73-74H,15,66H2,1-5H3,(H,67,76)(H,68,75)(H,69,79)(H,70,78)(H,71,80)(H,72,77)(H,81,82)/t39-,49+,50-,51?,52-,53?,54+,55-/m1/s1. The maximum atomic E-state index is 16.0. The largest absolute Gasteiger partial charge is 0.502 e. The van der Waals surface area contributed by atoms with Crippen molar-refractivity contribution in [2.75, 3.05) is 35.5 Å². The lowest BCUT2D eigenvalue weighted by molar-refractivity contribution is -0.143. The van der Waals surface area contributed by atoms with Crippen molar-refractivity contribution in [3.05, 3.63) is 164 Å². The molecule has 0 radical (unpaired) electrons. The summed E-state index contributed by atoms with van der Waals surface area (Å²) in [5.74, 6) is -9.43. The number of phenols is 1. The quantitative estimate of drug-likeness (QED) is 0.0849. The van der Waals surface area contributed by atoms with Gasteiger partial charge in [-0.05, 0) is 112 Å². The molecule has 6 heterocycles. The molecule has 8 atom stereocenters. The van der Waals surface area contributed by atoms with E-state index < -0.39 is 107 Å². The molecule has 11 N–H and O–H groups in total. The summed E-state index contributed by atoms with van der Waals surface area (Å²) in [5.41, 5.74) is 6.76. The smallest absolute Gasteiger partial charge is 0.330 e. The molecular weight excluding hydrogens is 1210 g/mol. The van der Waals surface area contributed by atoms with Crippen LogP contribution < -0.4 is 75.5 Å². The van der Waals surface area contributed by atoms with Gasteiger partial charge in [-0.1, -0.05) is 47.5 Å². The number of nitrogens with two attached hydrogens (primary N) is 1. The first-order valence-electron chi connectivity index (χ1n) is 27.5. The number of hydrogen-bond donors (Lipinski definition) is 10. The molecule has 6 amide bonds. The zero-order valence-electron chi connectivity index (χ0n) is 48.1. The van der Waals surface area contributed by atoms with Crippen molar-refractivity contribution in [2.24, 2.45) is 5.73 Å². The van der Waals surface area contributed by atoms with E-state index in [-0.39, 0.29) is 113 Å². The highest BCUT2D eigenvalue weighted by molar-refractivity contribution is 6.32. The Labute approximate surface area is 521 Å². The van der Waals surface area contributed by atoms with E-state index in [1.54, 1.807) is 6.07 Å². The van der Waals surface area contributed by atoms with Crippen LogP contribution in [-0.4, -0.2) is 104 Å². The molecular formula is C63H55Cl2N7O18. The van der Waals surface area contributed by atoms with Gasteiger partial charge in [0.1, 0.15) is 82.6 Å². The summed E-state index contributed by atoms with van der Waals surface area (Å²) in [6.45, 7) is 0. The molecule has 90 heavy (non-hydrogen) atoms. The third-order valence-electron chi connectivity index (χ3n) is 15.5. The van der Waals surface area contributed by atoms with Crippen molar-refractivity contribution >= 4 is 64.6 Å². The average molecular weight is 1270 g/mol. The number of aliphatic hydroxyl groups is 1. The van der Waals surface area contributed by atoms with E-state index in [1.807, 2.05) is 0 Å². The van der Waals surface area contributed by atoms with Crippen LogP contribution in [0.15, 0.2) is 115 Å². The number of methoxy groups -OCH3 is 5. The Morgan fingerprint density at radius 3 is 1.71 bits per heavy atom. The van der Waals surface area contributed by atoms with Crippen molar-refractivity contribution < 1.29 is 86.8 Å². The number of aliphatic hydroxyl groups excluding tert-OH is 1. The first-order valence-corrected chi connectivity index (χ1v) is 28.2. The van der Waals surface area contributed by atoms with Gasteiger partial charge in [0.25, 0.3) is 0 Å². The Bertz CT molecular complexity index is 4130. The number of carboxylic acid groups (broad SMARTS) is 1. The van der Waals surface area contributed by atoms with E-state index in [0.717, 1.165) is 6.07 Å². The first-order chi connectivity index (χ1) is 43.2. The number of aliphatic carboxylic acids is 1. The molecule has 0 aromatic heterocycles. The van der Waals surface area contributed by atoms with Crippen molar-refractivity contribution in [1.29, 1.82) is 0 Å². The Morgan fingerprint density at radius 1 is 0.511 bits per heavy atom. The van der Waals surface area contributed by atoms with E-state index in [9.17, 15) is 29.7 Å². The van der Waals surface area contributed by atoms with E-state index in [1.165, 1.54) is 139 Å². The van der Waals surface area contributed by atoms with Crippen molar-refractivity contribution in [3.8, 4) is 80.1 Å². The number of fused-ring (bicyclic) bond motifs is 14. The average Bonchev–Trinajstić information content (AvgIpc) is 0.794. The van der Waals surface area contributed by atoms with Crippen LogP contribution in [0, 0.1) is 0 Å². The topological polar surface area (TPSA) is 352 Å². The summed E-state index contributed by atoms with van der Waals surface area (Å²) < 4.78 is 47.5. The molecule has 0 spiro atoms. The molecule has 17 bridgehead atoms. The molecule has 464 valence electrons. The summed E-state index contributed by atoms with van der Waals surface area (Å²) >= 11 is 13.9. The second kappa shape index (κ2) is 25.0. The van der Waals surface area contributed by atoms with Gasteiger partial charge in [0.05, 0.1) is 45.6 Å². The van der Waals surface area contributed by atoms with Crippen LogP contribution >= 0.6 is 23.2 Å². The van der Waals surface area contributed by atoms with Gasteiger partial charge in [-0.2, -0.15) is 0 Å². The van der Waals surface area contributed by atoms with Gasteiger partial charge < -0.3 is 90.8 Å². The number of halogens is 2. The lowest BCUT2D eigenvalue weighted by atomic mass is 9.89. The minimum Gasteiger partial charge on any atom is -0.502 e. The van der Waals surface area contributed by atoms with Crippen LogP contribution in [0.2, 0.25) is 10.0 Å². The number of nitrogens with one attached hydrogen (secondary N) is 6. The van der Waals surface area contributed by atoms with Crippen LogP contribution in [0.3, 0.4) is 0 Å². The van der Waals surface area contributed by atoms with Gasteiger partial charge in [0.15, 0.2) is 29.0 Å². The maximum Gasteiger partial charge on any atom is 0.330 e. The van der Waals surface area contributed by atoms with E-state index in [0.29, 0.717) is 5.56 Å². The molecule has 7 aromatic carbocycles. The molecule has 7 aromatic rings. The molecule has 2 unspecified atom stereocenters. The van der Waals surface area contributed by atoms with Gasteiger partial charge in [0, 0.05) is 35.2 Å². The molecule has 6 aliphatic rings. The molecule has 27 heteroatoms. The Kier molecular flexibility index (Phi) is 17.0. The number of carbonyl (C=O) groups is 7. The Balaban J connectivity index is 1.16. The highest BCUT2D eigenvalue weighted by Crippen LogP contribution is 2.48. The normalized spacial score (nSPS) is 21.3. The summed E-state index contributed by atoms with van der Waals surface area (Å²) in [5, 5.41) is 51.0. The molecule has 6 aliphatic heterocycles. The fraction of sp³-hybridized carbons (Fsp3) is 0.222. The van der Waals surface area contributed by atoms with Gasteiger partial charge in [-0.15, -0.1) is 0 Å². The zero-order valence-corrected chi connectivity index (χ0v) is 49.6. The molecule has 0 saturated heterocycles. The van der Waals surface area contributed by atoms with Crippen LogP contribution in [0.4, 0.5) is 0 Å².